The molecule has 0 spiro atoms. The molecule has 0 saturated carbocycles. The highest BCUT2D eigenvalue weighted by molar-refractivity contribution is 7.07. The highest BCUT2D eigenvalue weighted by atomic mass is 28.6. The van der Waals surface area contributed by atoms with Crippen molar-refractivity contribution >= 4 is 118 Å². The Balaban J connectivity index is 1.48. The van der Waals surface area contributed by atoms with Gasteiger partial charge < -0.3 is 49.4 Å². The van der Waals surface area contributed by atoms with Crippen LogP contribution in [0.25, 0.3) is 0 Å². The minimum atomic E-state index is -4.50. The monoisotopic (exact) mass is 1380 g/mol. The second-order valence-corrected chi connectivity index (χ2v) is 60.4. The fourth-order valence-electron chi connectivity index (χ4n) is 13.3. The fourth-order valence-corrected chi connectivity index (χ4v) is 72.0. The molecule has 3 saturated heterocycles. The van der Waals surface area contributed by atoms with Crippen LogP contribution in [0.5, 0.6) is 0 Å². The van der Waals surface area contributed by atoms with E-state index < -0.39 is 86.6 Å². The first-order valence-electron chi connectivity index (χ1n) is 32.8. The largest absolute Gasteiger partial charge is 0.479 e. The minimum Gasteiger partial charge on any atom is -0.408 e. The smallest absolute Gasteiger partial charge is 0.408 e. The van der Waals surface area contributed by atoms with Crippen molar-refractivity contribution in [3.05, 3.63) is 182 Å². The second kappa shape index (κ2) is 28.5. The summed E-state index contributed by atoms with van der Waals surface area (Å²) in [6, 6.07) is 66.6. The molecule has 0 amide bonds. The molecule has 3 aliphatic heterocycles. The summed E-state index contributed by atoms with van der Waals surface area (Å²) in [7, 11) is -41.7. The van der Waals surface area contributed by atoms with E-state index in [0.29, 0.717) is 42.3 Å². The summed E-state index contributed by atoms with van der Waals surface area (Å²) in [5.74, 6) is -0.197. The lowest BCUT2D eigenvalue weighted by atomic mass is 10.3. The molecule has 4 bridgehead atoms. The van der Waals surface area contributed by atoms with Crippen LogP contribution in [0.4, 0.5) is 0 Å². The van der Waals surface area contributed by atoms with Crippen molar-refractivity contribution in [1.82, 2.24) is 0 Å². The molecule has 0 aromatic heterocycles. The van der Waals surface area contributed by atoms with Gasteiger partial charge in [0.2, 0.25) is 25.0 Å². The van der Waals surface area contributed by atoms with E-state index in [4.69, 9.17) is 49.4 Å². The van der Waals surface area contributed by atoms with E-state index in [1.807, 2.05) is 0 Å². The summed E-state index contributed by atoms with van der Waals surface area (Å²) in [5.41, 5.74) is 0. The Morgan fingerprint density at radius 2 is 0.382 bits per heavy atom. The molecule has 22 heteroatoms. The summed E-state index contributed by atoms with van der Waals surface area (Å²) in [6.45, 7) is 38.0. The number of benzene rings is 6. The molecule has 89 heavy (non-hydrogen) atoms. The van der Waals surface area contributed by atoms with Crippen molar-refractivity contribution < 1.29 is 49.4 Å². The van der Waals surface area contributed by atoms with Crippen molar-refractivity contribution in [2.75, 3.05) is 0 Å². The molecule has 482 valence electrons. The molecule has 3 heterocycles. The van der Waals surface area contributed by atoms with Gasteiger partial charge in [-0.2, -0.15) is 0 Å². The van der Waals surface area contributed by atoms with Crippen LogP contribution in [0.1, 0.15) is 96.9 Å². The molecule has 0 unspecified atom stereocenters. The van der Waals surface area contributed by atoms with Gasteiger partial charge in [-0.15, -0.1) is 0 Å². The Kier molecular flexibility index (Phi) is 22.5. The van der Waals surface area contributed by atoms with E-state index >= 15 is 0 Å². The van der Waals surface area contributed by atoms with E-state index in [9.17, 15) is 0 Å². The van der Waals surface area contributed by atoms with Crippen LogP contribution in [0, 0.1) is 41.4 Å². The van der Waals surface area contributed by atoms with E-state index in [1.165, 1.54) is 0 Å². The van der Waals surface area contributed by atoms with Crippen molar-refractivity contribution in [2.24, 2.45) is 41.4 Å². The van der Waals surface area contributed by atoms with Crippen LogP contribution in [0.2, 0.25) is 61.9 Å². The van der Waals surface area contributed by atoms with Gasteiger partial charge >= 0.3 is 61.6 Å². The van der Waals surface area contributed by atoms with Gasteiger partial charge in [0.15, 0.2) is 0 Å². The van der Waals surface area contributed by atoms with Crippen LogP contribution < -0.4 is 31.1 Å². The predicted octanol–water partition coefficient (Wildman–Crippen LogP) is 13.6. The summed E-state index contributed by atoms with van der Waals surface area (Å²) >= 11 is 0. The van der Waals surface area contributed by atoms with Gasteiger partial charge in [0, 0.05) is 42.3 Å². The average molecular weight is 1380 g/mol. The molecule has 0 N–H and O–H groups in total. The van der Waals surface area contributed by atoms with Gasteiger partial charge in [-0.1, -0.05) is 279 Å². The van der Waals surface area contributed by atoms with Crippen molar-refractivity contribution in [2.45, 2.75) is 159 Å². The molecule has 6 aromatic carbocycles. The predicted molar refractivity (Wildman–Crippen MR) is 382 cm³/mol. The van der Waals surface area contributed by atoms with Gasteiger partial charge in [0.05, 0.1) is 0 Å². The van der Waals surface area contributed by atoms with Gasteiger partial charge in [0.25, 0.3) is 0 Å². The number of fused-ring (bicyclic) bond motifs is 3. The van der Waals surface area contributed by atoms with Crippen LogP contribution in [-0.2, 0) is 49.4 Å². The van der Waals surface area contributed by atoms with Crippen molar-refractivity contribution in [3.8, 4) is 0 Å². The molecule has 6 aromatic rings. The van der Waals surface area contributed by atoms with E-state index in [1.54, 1.807) is 0 Å². The third-order valence-electron chi connectivity index (χ3n) is 16.4. The minimum absolute atomic E-state index is 0.00970. The lowest BCUT2D eigenvalue weighted by molar-refractivity contribution is 0.00706. The maximum absolute atomic E-state index is 8.70. The van der Waals surface area contributed by atoms with Crippen molar-refractivity contribution in [3.63, 3.8) is 0 Å². The highest BCUT2D eigenvalue weighted by Crippen LogP contribution is 2.52. The maximum Gasteiger partial charge on any atom is 0.479 e. The van der Waals surface area contributed by atoms with Gasteiger partial charge in [-0.3, -0.25) is 0 Å². The summed E-state index contributed by atoms with van der Waals surface area (Å²) in [5, 5.41) is 6.39. The molecule has 3 fully saturated rings. The Morgan fingerprint density at radius 3 is 0.528 bits per heavy atom. The first kappa shape index (κ1) is 70.3. The summed E-state index contributed by atoms with van der Waals surface area (Å²) < 4.78 is 104. The summed E-state index contributed by atoms with van der Waals surface area (Å²) in [6.07, 6.45) is 0. The molecule has 0 radical (unpaired) electrons. The average Bonchev–Trinajstić information content (AvgIpc) is 0.741. The lowest BCUT2D eigenvalue weighted by Crippen LogP contribution is -2.85. The standard InChI is InChI=1S/C67H102O12Si10/c1-55(2)48-83(68-80(15,62-36-24-18-25-37-62)63-38-26-19-27-39-63)71-86(51-58(7)8)73-84(49-56(3)4,69-81(16,64-40-28-20-29-41-64)65-42-30-21-31-43-65)75-88(53-60(11)12)76-85(50-57(5)6,70-82(17,66-44-32-22-33-45-66)67-46-34-23-35-47-67)74-87(72-83,52-59(9)10)78-89(77-86,79-88)54-61(13)14/h18-47,55-61H,48-54H2,1-17H3. The molecular weight excluding hydrogens is 1280 g/mol. The third-order valence-corrected chi connectivity index (χ3v) is 65.3. The zero-order valence-corrected chi connectivity index (χ0v) is 66.2. The Morgan fingerprint density at radius 1 is 0.236 bits per heavy atom. The Bertz CT molecular complexity index is 2710. The number of hydrogen-bond donors (Lipinski definition) is 0. The number of hydrogen-bond acceptors (Lipinski definition) is 12. The zero-order valence-electron chi connectivity index (χ0n) is 56.2. The molecule has 12 nitrogen and oxygen atoms in total. The van der Waals surface area contributed by atoms with E-state index in [0.717, 1.165) is 31.1 Å². The highest BCUT2D eigenvalue weighted by Gasteiger charge is 2.79. The zero-order chi connectivity index (χ0) is 64.2. The first-order valence-corrected chi connectivity index (χ1v) is 53.5. The fraction of sp³-hybridized carbons (Fsp3) is 0.463. The molecule has 9 rings (SSSR count). The van der Waals surface area contributed by atoms with Crippen molar-refractivity contribution in [1.29, 1.82) is 0 Å². The third kappa shape index (κ3) is 16.6. The van der Waals surface area contributed by atoms with E-state index in [2.05, 4.69) is 299 Å². The van der Waals surface area contributed by atoms with Crippen LogP contribution in [0.3, 0.4) is 0 Å². The van der Waals surface area contributed by atoms with Gasteiger partial charge in [-0.05, 0) is 92.2 Å². The van der Waals surface area contributed by atoms with Crippen LogP contribution in [-0.4, -0.2) is 86.6 Å². The Labute approximate surface area is 545 Å². The maximum atomic E-state index is 8.70. The van der Waals surface area contributed by atoms with Gasteiger partial charge in [0.1, 0.15) is 0 Å². The van der Waals surface area contributed by atoms with Crippen LogP contribution in [0.15, 0.2) is 182 Å². The summed E-state index contributed by atoms with van der Waals surface area (Å²) in [4.78, 5) is 0. The molecular formula is C67H102O12Si10. The molecule has 0 aliphatic carbocycles. The number of rotatable bonds is 26. The Hall–Kier alpha value is -2.99. The molecule has 0 atom stereocenters. The van der Waals surface area contributed by atoms with Gasteiger partial charge in [-0.25, -0.2) is 0 Å². The topological polar surface area (TPSA) is 111 Å². The first-order chi connectivity index (χ1) is 42.0. The lowest BCUT2D eigenvalue weighted by Gasteiger charge is -2.60. The van der Waals surface area contributed by atoms with Crippen LogP contribution >= 0.6 is 0 Å². The normalized spacial score (nSPS) is 27.1. The molecule has 3 aliphatic rings. The second-order valence-electron chi connectivity index (χ2n) is 28.5. The SMILES string of the molecule is CC(C)C[Si]12O[Si]3(CC(C)C)O[Si](CC(C)C)(O[Si](C)(c4ccccc4)c4ccccc4)O[Si](CC(C)C)(O1)O[Si](CC(C)C)(O[Si](C)(c1ccccc1)c1ccccc1)O[Si](CC(C)C)(O2)O[Si](CC(C)C)(O[Si](C)(c1ccccc1)c1ccccc1)O3. The van der Waals surface area contributed by atoms with E-state index in [-0.39, 0.29) is 41.4 Å². The quantitative estimate of drug-likeness (QED) is 0.0482.